The third-order valence-corrected chi connectivity index (χ3v) is 3.37. The zero-order valence-electron chi connectivity index (χ0n) is 12.1. The van der Waals surface area contributed by atoms with Crippen LogP contribution in [0.3, 0.4) is 0 Å². The van der Waals surface area contributed by atoms with E-state index in [1.54, 1.807) is 16.7 Å². The van der Waals surface area contributed by atoms with Crippen LogP contribution in [-0.2, 0) is 9.53 Å². The summed E-state index contributed by atoms with van der Waals surface area (Å²) in [5.41, 5.74) is 0. The molecule has 1 heterocycles. The maximum atomic E-state index is 11.9. The van der Waals surface area contributed by atoms with Gasteiger partial charge in [0.15, 0.2) is 0 Å². The second-order valence-corrected chi connectivity index (χ2v) is 4.76. The van der Waals surface area contributed by atoms with Gasteiger partial charge in [-0.25, -0.2) is 4.79 Å². The van der Waals surface area contributed by atoms with E-state index in [1.807, 2.05) is 0 Å². The number of carbonyl (C=O) groups is 2. The van der Waals surface area contributed by atoms with Gasteiger partial charge in [0, 0.05) is 32.2 Å². The predicted molar refractivity (Wildman–Crippen MR) is 72.9 cm³/mol. The first-order valence-corrected chi connectivity index (χ1v) is 7.01. The number of hydrogen-bond acceptors (Lipinski definition) is 4. The number of nitrogens with zero attached hydrogens (tertiary/aromatic N) is 2. The van der Waals surface area contributed by atoms with Crippen LogP contribution in [0.4, 0.5) is 4.79 Å². The van der Waals surface area contributed by atoms with E-state index in [-0.39, 0.29) is 12.0 Å². The second-order valence-electron chi connectivity index (χ2n) is 4.76. The molecular formula is C13H25N3O3. The number of rotatable bonds is 5. The van der Waals surface area contributed by atoms with E-state index in [0.717, 1.165) is 6.42 Å². The van der Waals surface area contributed by atoms with Crippen molar-refractivity contribution in [3.63, 3.8) is 0 Å². The second kappa shape index (κ2) is 7.99. The molecule has 0 bridgehead atoms. The fraction of sp³-hybridized carbons (Fsp3) is 0.846. The number of nitrogens with one attached hydrogen (secondary N) is 1. The molecule has 0 aliphatic carbocycles. The molecule has 0 aromatic rings. The van der Waals surface area contributed by atoms with Crippen LogP contribution in [0.5, 0.6) is 0 Å². The van der Waals surface area contributed by atoms with Gasteiger partial charge in [-0.15, -0.1) is 0 Å². The zero-order chi connectivity index (χ0) is 14.3. The molecule has 0 radical (unpaired) electrons. The Morgan fingerprint density at radius 3 is 2.26 bits per heavy atom. The SMILES string of the molecule is CCOC(=O)N1CCN(C(=O)CNC(C)CC)CC1. The summed E-state index contributed by atoms with van der Waals surface area (Å²) in [6.45, 7) is 8.96. The van der Waals surface area contributed by atoms with Gasteiger partial charge < -0.3 is 19.9 Å². The van der Waals surface area contributed by atoms with Crippen molar-refractivity contribution in [2.45, 2.75) is 33.2 Å². The third kappa shape index (κ3) is 5.06. The predicted octanol–water partition coefficient (Wildman–Crippen LogP) is 0.675. The van der Waals surface area contributed by atoms with Crippen LogP contribution in [0, 0.1) is 0 Å². The molecule has 110 valence electrons. The quantitative estimate of drug-likeness (QED) is 0.798. The Hall–Kier alpha value is -1.30. The smallest absolute Gasteiger partial charge is 0.409 e. The lowest BCUT2D eigenvalue weighted by Crippen LogP contribution is -2.52. The Morgan fingerprint density at radius 1 is 1.16 bits per heavy atom. The largest absolute Gasteiger partial charge is 0.450 e. The molecule has 1 atom stereocenters. The summed E-state index contributed by atoms with van der Waals surface area (Å²) in [6, 6.07) is 0.352. The van der Waals surface area contributed by atoms with E-state index in [2.05, 4.69) is 19.2 Å². The fourth-order valence-electron chi connectivity index (χ4n) is 1.87. The Morgan fingerprint density at radius 2 is 1.74 bits per heavy atom. The summed E-state index contributed by atoms with van der Waals surface area (Å²) in [5, 5.41) is 3.19. The lowest BCUT2D eigenvalue weighted by Gasteiger charge is -2.34. The molecule has 0 saturated carbocycles. The molecule has 0 aromatic carbocycles. The topological polar surface area (TPSA) is 61.9 Å². The van der Waals surface area contributed by atoms with Crippen molar-refractivity contribution in [1.29, 1.82) is 0 Å². The summed E-state index contributed by atoms with van der Waals surface area (Å²) in [5.74, 6) is 0.101. The summed E-state index contributed by atoms with van der Waals surface area (Å²) in [6.07, 6.45) is 0.719. The zero-order valence-corrected chi connectivity index (χ0v) is 12.1. The fourth-order valence-corrected chi connectivity index (χ4v) is 1.87. The van der Waals surface area contributed by atoms with Crippen LogP contribution < -0.4 is 5.32 Å². The minimum Gasteiger partial charge on any atom is -0.450 e. The highest BCUT2D eigenvalue weighted by atomic mass is 16.6. The van der Waals surface area contributed by atoms with E-state index in [1.165, 1.54) is 0 Å². The van der Waals surface area contributed by atoms with Crippen molar-refractivity contribution < 1.29 is 14.3 Å². The number of amides is 2. The highest BCUT2D eigenvalue weighted by Crippen LogP contribution is 2.04. The van der Waals surface area contributed by atoms with Crippen LogP contribution in [0.2, 0.25) is 0 Å². The van der Waals surface area contributed by atoms with E-state index in [4.69, 9.17) is 4.74 Å². The molecule has 2 amide bonds. The van der Waals surface area contributed by atoms with Crippen LogP contribution in [0.15, 0.2) is 0 Å². The molecule has 0 aromatic heterocycles. The van der Waals surface area contributed by atoms with Crippen LogP contribution in [-0.4, -0.2) is 67.2 Å². The Balaban J connectivity index is 2.29. The highest BCUT2D eigenvalue weighted by molar-refractivity contribution is 5.78. The average Bonchev–Trinajstić information content (AvgIpc) is 2.44. The van der Waals surface area contributed by atoms with E-state index < -0.39 is 0 Å². The molecule has 1 saturated heterocycles. The lowest BCUT2D eigenvalue weighted by molar-refractivity contribution is -0.131. The molecule has 1 rings (SSSR count). The molecule has 6 heteroatoms. The Labute approximate surface area is 115 Å². The first-order chi connectivity index (χ1) is 9.08. The average molecular weight is 271 g/mol. The summed E-state index contributed by atoms with van der Waals surface area (Å²) in [4.78, 5) is 26.9. The molecular weight excluding hydrogens is 246 g/mol. The van der Waals surface area contributed by atoms with Gasteiger partial charge in [0.05, 0.1) is 13.2 Å². The maximum absolute atomic E-state index is 11.9. The van der Waals surface area contributed by atoms with Crippen molar-refractivity contribution in [3.05, 3.63) is 0 Å². The molecule has 1 aliphatic rings. The van der Waals surface area contributed by atoms with Gasteiger partial charge in [0.2, 0.25) is 5.91 Å². The van der Waals surface area contributed by atoms with Crippen LogP contribution in [0.25, 0.3) is 0 Å². The first kappa shape index (κ1) is 15.8. The van der Waals surface area contributed by atoms with Gasteiger partial charge in [-0.1, -0.05) is 6.92 Å². The van der Waals surface area contributed by atoms with E-state index in [9.17, 15) is 9.59 Å². The minimum atomic E-state index is -0.285. The molecule has 1 aliphatic heterocycles. The van der Waals surface area contributed by atoms with E-state index >= 15 is 0 Å². The van der Waals surface area contributed by atoms with Crippen molar-refractivity contribution in [2.75, 3.05) is 39.3 Å². The minimum absolute atomic E-state index is 0.101. The number of hydrogen-bond donors (Lipinski definition) is 1. The highest BCUT2D eigenvalue weighted by Gasteiger charge is 2.24. The number of ether oxygens (including phenoxy) is 1. The Kier molecular flexibility index (Phi) is 6.62. The maximum Gasteiger partial charge on any atom is 0.409 e. The van der Waals surface area contributed by atoms with Gasteiger partial charge in [-0.05, 0) is 20.3 Å². The van der Waals surface area contributed by atoms with E-state index in [0.29, 0.717) is 45.4 Å². The van der Waals surface area contributed by atoms with Crippen molar-refractivity contribution in [2.24, 2.45) is 0 Å². The van der Waals surface area contributed by atoms with Crippen LogP contribution >= 0.6 is 0 Å². The molecule has 1 fully saturated rings. The Bertz CT molecular complexity index is 302. The third-order valence-electron chi connectivity index (χ3n) is 3.37. The lowest BCUT2D eigenvalue weighted by atomic mass is 10.2. The van der Waals surface area contributed by atoms with Crippen molar-refractivity contribution >= 4 is 12.0 Å². The number of piperazine rings is 1. The van der Waals surface area contributed by atoms with Gasteiger partial charge in [0.1, 0.15) is 0 Å². The van der Waals surface area contributed by atoms with Crippen molar-refractivity contribution in [3.8, 4) is 0 Å². The standard InChI is InChI=1S/C13H25N3O3/c1-4-11(3)14-10-12(17)15-6-8-16(9-7-15)13(18)19-5-2/h11,14H,4-10H2,1-3H3. The number of carbonyl (C=O) groups excluding carboxylic acids is 2. The summed E-state index contributed by atoms with van der Waals surface area (Å²) in [7, 11) is 0. The van der Waals surface area contributed by atoms with Crippen LogP contribution in [0.1, 0.15) is 27.2 Å². The molecule has 19 heavy (non-hydrogen) atoms. The summed E-state index contributed by atoms with van der Waals surface area (Å²) >= 11 is 0. The molecule has 6 nitrogen and oxygen atoms in total. The molecule has 1 unspecified atom stereocenters. The summed E-state index contributed by atoms with van der Waals surface area (Å²) < 4.78 is 4.94. The van der Waals surface area contributed by atoms with Gasteiger partial charge >= 0.3 is 6.09 Å². The molecule has 0 spiro atoms. The van der Waals surface area contributed by atoms with Gasteiger partial charge in [-0.2, -0.15) is 0 Å². The van der Waals surface area contributed by atoms with Gasteiger partial charge in [-0.3, -0.25) is 4.79 Å². The first-order valence-electron chi connectivity index (χ1n) is 7.01. The van der Waals surface area contributed by atoms with Crippen molar-refractivity contribution in [1.82, 2.24) is 15.1 Å². The molecule has 1 N–H and O–H groups in total. The normalized spacial score (nSPS) is 17.2. The monoisotopic (exact) mass is 271 g/mol. The van der Waals surface area contributed by atoms with Gasteiger partial charge in [0.25, 0.3) is 0 Å².